The number of carboxylic acid groups (broad SMARTS) is 1. The van der Waals surface area contributed by atoms with E-state index < -0.39 is 29.4 Å². The molecule has 3 fully saturated rings. The first kappa shape index (κ1) is 22.3. The molecular formula is C23H29BrN2O5. The highest BCUT2D eigenvalue weighted by Crippen LogP contribution is 2.54. The lowest BCUT2D eigenvalue weighted by Gasteiger charge is -2.37. The van der Waals surface area contributed by atoms with Gasteiger partial charge < -0.3 is 10.2 Å². The Kier molecular flexibility index (Phi) is 5.89. The van der Waals surface area contributed by atoms with Crippen LogP contribution in [-0.4, -0.2) is 44.5 Å². The highest BCUT2D eigenvalue weighted by atomic mass is 79.9. The number of amides is 2. The van der Waals surface area contributed by atoms with Gasteiger partial charge in [0.05, 0.1) is 11.8 Å². The van der Waals surface area contributed by atoms with Crippen molar-refractivity contribution in [2.45, 2.75) is 70.0 Å². The molecule has 1 aliphatic carbocycles. The SMILES string of the molecule is CCC(C)C1(C(=O)O)NC(c2cc(Br)ccc2O)C2C(=O)N(C3CCCCC3)C(=O)C21. The zero-order valence-electron chi connectivity index (χ0n) is 17.8. The van der Waals surface area contributed by atoms with Crippen molar-refractivity contribution in [2.24, 2.45) is 17.8 Å². The van der Waals surface area contributed by atoms with Gasteiger partial charge >= 0.3 is 5.97 Å². The van der Waals surface area contributed by atoms with Gasteiger partial charge in [-0.1, -0.05) is 55.5 Å². The number of hydrogen-bond acceptors (Lipinski definition) is 5. The summed E-state index contributed by atoms with van der Waals surface area (Å²) < 4.78 is 0.705. The van der Waals surface area contributed by atoms with Gasteiger partial charge in [-0.15, -0.1) is 0 Å². The normalized spacial score (nSPS) is 32.4. The van der Waals surface area contributed by atoms with Crippen LogP contribution >= 0.6 is 15.9 Å². The summed E-state index contributed by atoms with van der Waals surface area (Å²) in [4.78, 5) is 41.5. The molecular weight excluding hydrogens is 464 g/mol. The molecule has 4 rings (SSSR count). The third-order valence-corrected chi connectivity index (χ3v) is 8.13. The van der Waals surface area contributed by atoms with Gasteiger partial charge in [0.25, 0.3) is 0 Å². The van der Waals surface area contributed by atoms with Crippen molar-refractivity contribution >= 4 is 33.7 Å². The Balaban J connectivity index is 1.86. The quantitative estimate of drug-likeness (QED) is 0.542. The van der Waals surface area contributed by atoms with Crippen LogP contribution in [0.1, 0.15) is 64.0 Å². The van der Waals surface area contributed by atoms with Crippen molar-refractivity contribution in [3.8, 4) is 5.75 Å². The molecule has 1 saturated carbocycles. The summed E-state index contributed by atoms with van der Waals surface area (Å²) in [5.41, 5.74) is -1.14. The second-order valence-electron chi connectivity index (χ2n) is 9.15. The van der Waals surface area contributed by atoms with Crippen molar-refractivity contribution in [2.75, 3.05) is 0 Å². The number of carbonyl (C=O) groups is 3. The summed E-state index contributed by atoms with van der Waals surface area (Å²) in [5, 5.41) is 24.1. The summed E-state index contributed by atoms with van der Waals surface area (Å²) in [5.74, 6) is -4.10. The third kappa shape index (κ3) is 3.30. The fourth-order valence-electron chi connectivity index (χ4n) is 5.89. The maximum absolute atomic E-state index is 13.7. The number of benzene rings is 1. The smallest absolute Gasteiger partial charge is 0.325 e. The van der Waals surface area contributed by atoms with Crippen LogP contribution < -0.4 is 5.32 Å². The molecule has 0 spiro atoms. The molecule has 2 saturated heterocycles. The second kappa shape index (κ2) is 8.20. The number of carboxylic acids is 1. The van der Waals surface area contributed by atoms with Crippen LogP contribution in [-0.2, 0) is 14.4 Å². The van der Waals surface area contributed by atoms with Crippen molar-refractivity contribution in [1.82, 2.24) is 10.2 Å². The molecule has 168 valence electrons. The van der Waals surface area contributed by atoms with Crippen molar-refractivity contribution in [1.29, 1.82) is 0 Å². The molecule has 31 heavy (non-hydrogen) atoms. The number of likely N-dealkylation sites (tertiary alicyclic amines) is 1. The highest BCUT2D eigenvalue weighted by Gasteiger charge is 2.70. The first-order chi connectivity index (χ1) is 14.7. The van der Waals surface area contributed by atoms with E-state index in [0.717, 1.165) is 32.1 Å². The number of imide groups is 1. The molecule has 2 amide bonds. The molecule has 0 radical (unpaired) electrons. The minimum atomic E-state index is -1.57. The van der Waals surface area contributed by atoms with Gasteiger partial charge in [-0.3, -0.25) is 24.6 Å². The molecule has 0 aromatic heterocycles. The van der Waals surface area contributed by atoms with E-state index in [1.165, 1.54) is 11.0 Å². The van der Waals surface area contributed by atoms with E-state index in [1.54, 1.807) is 12.1 Å². The Morgan fingerprint density at radius 1 is 1.26 bits per heavy atom. The van der Waals surface area contributed by atoms with Crippen LogP contribution in [0.4, 0.5) is 0 Å². The van der Waals surface area contributed by atoms with Crippen molar-refractivity contribution in [3.05, 3.63) is 28.2 Å². The molecule has 0 bridgehead atoms. The van der Waals surface area contributed by atoms with Crippen LogP contribution in [0.25, 0.3) is 0 Å². The van der Waals surface area contributed by atoms with Crippen LogP contribution in [0.2, 0.25) is 0 Å². The first-order valence-electron chi connectivity index (χ1n) is 11.1. The monoisotopic (exact) mass is 492 g/mol. The molecule has 1 aromatic rings. The number of aromatic hydroxyl groups is 1. The summed E-state index contributed by atoms with van der Waals surface area (Å²) in [7, 11) is 0. The third-order valence-electron chi connectivity index (χ3n) is 7.64. The fraction of sp³-hybridized carbons (Fsp3) is 0.609. The van der Waals surface area contributed by atoms with E-state index in [-0.39, 0.29) is 29.5 Å². The van der Waals surface area contributed by atoms with E-state index in [9.17, 15) is 24.6 Å². The minimum absolute atomic E-state index is 0.0267. The second-order valence-corrected chi connectivity index (χ2v) is 10.1. The molecule has 1 aromatic carbocycles. The molecule has 2 heterocycles. The number of nitrogens with one attached hydrogen (secondary N) is 1. The molecule has 2 aliphatic heterocycles. The van der Waals surface area contributed by atoms with Gasteiger partial charge in [-0.2, -0.15) is 0 Å². The maximum atomic E-state index is 13.7. The number of phenols is 1. The molecule has 7 nitrogen and oxygen atoms in total. The number of rotatable bonds is 5. The van der Waals surface area contributed by atoms with Gasteiger partial charge in [-0.05, 0) is 37.0 Å². The summed E-state index contributed by atoms with van der Waals surface area (Å²) >= 11 is 3.40. The zero-order chi connectivity index (χ0) is 22.5. The standard InChI is InChI=1S/C23H29BrN2O5/c1-3-12(2)23(22(30)31)18-17(19(25-23)15-11-13(24)9-10-16(15)27)20(28)26(21(18)29)14-7-5-4-6-8-14/h9-12,14,17-19,25,27H,3-8H2,1-2H3,(H,30,31). The Bertz CT molecular complexity index is 915. The number of carbonyl (C=O) groups excluding carboxylic acids is 2. The first-order valence-corrected chi connectivity index (χ1v) is 11.9. The Morgan fingerprint density at radius 3 is 2.55 bits per heavy atom. The number of nitrogens with zero attached hydrogens (tertiary/aromatic N) is 1. The van der Waals surface area contributed by atoms with E-state index in [4.69, 9.17) is 0 Å². The maximum Gasteiger partial charge on any atom is 0.325 e. The van der Waals surface area contributed by atoms with Crippen molar-refractivity contribution < 1.29 is 24.6 Å². The van der Waals surface area contributed by atoms with Gasteiger partial charge in [0, 0.05) is 22.1 Å². The lowest BCUT2D eigenvalue weighted by atomic mass is 9.72. The topological polar surface area (TPSA) is 107 Å². The number of phenolic OH excluding ortho intramolecular Hbond substituents is 1. The van der Waals surface area contributed by atoms with E-state index >= 15 is 0 Å². The van der Waals surface area contributed by atoms with Gasteiger partial charge in [0.1, 0.15) is 11.3 Å². The molecule has 8 heteroatoms. The molecule has 5 unspecified atom stereocenters. The number of halogens is 1. The average Bonchev–Trinajstić information content (AvgIpc) is 3.24. The van der Waals surface area contributed by atoms with E-state index in [1.807, 2.05) is 13.8 Å². The number of hydrogen-bond donors (Lipinski definition) is 3. The summed E-state index contributed by atoms with van der Waals surface area (Å²) in [6.45, 7) is 3.69. The lowest BCUT2D eigenvalue weighted by molar-refractivity contribution is -0.155. The van der Waals surface area contributed by atoms with Crippen LogP contribution in [0.15, 0.2) is 22.7 Å². The lowest BCUT2D eigenvalue weighted by Crippen LogP contribution is -2.60. The Hall–Kier alpha value is -1.93. The molecule has 3 N–H and O–H groups in total. The number of aliphatic carboxylic acids is 1. The van der Waals surface area contributed by atoms with Gasteiger partial charge in [0.2, 0.25) is 11.8 Å². The van der Waals surface area contributed by atoms with Crippen LogP contribution in [0, 0.1) is 17.8 Å². The van der Waals surface area contributed by atoms with E-state index in [2.05, 4.69) is 21.2 Å². The predicted octanol–water partition coefficient (Wildman–Crippen LogP) is 3.60. The van der Waals surface area contributed by atoms with Crippen LogP contribution in [0.5, 0.6) is 5.75 Å². The zero-order valence-corrected chi connectivity index (χ0v) is 19.4. The van der Waals surface area contributed by atoms with Gasteiger partial charge in [0.15, 0.2) is 0 Å². The predicted molar refractivity (Wildman–Crippen MR) is 117 cm³/mol. The minimum Gasteiger partial charge on any atom is -0.508 e. The summed E-state index contributed by atoms with van der Waals surface area (Å²) in [6.07, 6.45) is 5.06. The summed E-state index contributed by atoms with van der Waals surface area (Å²) in [6, 6.07) is 3.96. The highest BCUT2D eigenvalue weighted by molar-refractivity contribution is 9.10. The Labute approximate surface area is 190 Å². The average molecular weight is 493 g/mol. The van der Waals surface area contributed by atoms with Crippen molar-refractivity contribution in [3.63, 3.8) is 0 Å². The Morgan fingerprint density at radius 2 is 1.94 bits per heavy atom. The van der Waals surface area contributed by atoms with E-state index in [0.29, 0.717) is 16.5 Å². The molecule has 3 aliphatic rings. The van der Waals surface area contributed by atoms with Crippen LogP contribution in [0.3, 0.4) is 0 Å². The largest absolute Gasteiger partial charge is 0.508 e. The molecule has 5 atom stereocenters. The fourth-order valence-corrected chi connectivity index (χ4v) is 6.27. The number of fused-ring (bicyclic) bond motifs is 1. The van der Waals surface area contributed by atoms with Gasteiger partial charge in [-0.25, -0.2) is 0 Å².